The van der Waals surface area contributed by atoms with Crippen LogP contribution < -0.4 is 67.3 Å². The number of Topliss-reactive ketones (excluding diaryl/α,β-unsaturated/α-hetero) is 1. The van der Waals surface area contributed by atoms with Crippen molar-refractivity contribution in [1.82, 2.24) is 16.0 Å². The Balaban J connectivity index is -0.00000265. The van der Waals surface area contributed by atoms with E-state index >= 15 is 0 Å². The number of unbranched alkanes of at least 4 members (excludes halogenated alkanes) is 3. The molecule has 11 nitrogen and oxygen atoms in total. The van der Waals surface area contributed by atoms with E-state index in [0.717, 1.165) is 0 Å². The number of rotatable bonds is 17. The van der Waals surface area contributed by atoms with E-state index in [-0.39, 0.29) is 110 Å². The minimum Gasteiger partial charge on any atom is -0.577 e. The number of amides is 3. The molecule has 0 aromatic rings. The average Bonchev–Trinajstić information content (AvgIpc) is 2.79. The Labute approximate surface area is 251 Å². The molecule has 196 valence electrons. The molecular formula is C21H36FKN3O8P. The molecule has 0 aromatic carbocycles. The summed E-state index contributed by atoms with van der Waals surface area (Å²) < 4.78 is 13.0. The summed E-state index contributed by atoms with van der Waals surface area (Å²) >= 11 is 0. The van der Waals surface area contributed by atoms with Gasteiger partial charge in [0.25, 0.3) is 1.45 Å². The van der Waals surface area contributed by atoms with Crippen LogP contribution in [0.15, 0.2) is 0 Å². The van der Waals surface area contributed by atoms with Crippen LogP contribution in [0.5, 0.6) is 0 Å². The number of hydrogen-bond donors (Lipinski definition) is 5. The zero-order valence-corrected chi connectivity index (χ0v) is 24.4. The van der Waals surface area contributed by atoms with Crippen molar-refractivity contribution < 1.29 is 95.1 Å². The van der Waals surface area contributed by atoms with Gasteiger partial charge in [-0.2, -0.15) is 0 Å². The van der Waals surface area contributed by atoms with Crippen LogP contribution in [0, 0.1) is 0 Å². The molecule has 0 saturated carbocycles. The van der Waals surface area contributed by atoms with Crippen LogP contribution >= 0.6 is 9.90 Å². The third-order valence-electron chi connectivity index (χ3n) is 5.14. The Bertz CT molecular complexity index is 663. The molecule has 2 atom stereocenters. The second-order valence-electron chi connectivity index (χ2n) is 7.89. The maximum atomic E-state index is 12.2. The number of piperazine rings is 1. The monoisotopic (exact) mass is 548 g/mol. The molecule has 1 aliphatic heterocycles. The Hall–Kier alpha value is -0.984. The number of nitrogens with one attached hydrogen (secondary N) is 3. The minimum absolute atomic E-state index is 0. The number of aliphatic carboxylic acids is 2. The summed E-state index contributed by atoms with van der Waals surface area (Å²) in [7, 11) is 0. The summed E-state index contributed by atoms with van der Waals surface area (Å²) in [5, 5.41) is 25.1. The van der Waals surface area contributed by atoms with Crippen LogP contribution in [-0.4, -0.2) is 65.7 Å². The largest absolute Gasteiger partial charge is 1.00 e. The predicted octanol–water partition coefficient (Wildman–Crippen LogP) is -2.01. The van der Waals surface area contributed by atoms with Gasteiger partial charge in [-0.1, -0.05) is 12.8 Å². The molecule has 2 unspecified atom stereocenters. The van der Waals surface area contributed by atoms with Gasteiger partial charge in [-0.25, -0.2) is 0 Å². The first-order chi connectivity index (χ1) is 16.2. The van der Waals surface area contributed by atoms with Crippen molar-refractivity contribution in [1.29, 1.82) is 1.45 Å². The summed E-state index contributed by atoms with van der Waals surface area (Å²) in [6, 6.07) is -1.22. The summed E-state index contributed by atoms with van der Waals surface area (Å²) in [6.45, 7) is 0.377. The number of carbonyl (C=O) groups is 6. The van der Waals surface area contributed by atoms with Gasteiger partial charge in [-0.3, -0.25) is 33.5 Å². The van der Waals surface area contributed by atoms with Crippen LogP contribution in [0.1, 0.15) is 77.0 Å². The second-order valence-corrected chi connectivity index (χ2v) is 7.89. The van der Waals surface area contributed by atoms with E-state index in [4.69, 9.17) is 14.9 Å². The van der Waals surface area contributed by atoms with Gasteiger partial charge in [-0.15, -0.1) is 0 Å². The topological polar surface area (TPSA) is 179 Å². The van der Waals surface area contributed by atoms with Gasteiger partial charge < -0.3 is 36.1 Å². The van der Waals surface area contributed by atoms with Crippen molar-refractivity contribution in [3.05, 3.63) is 0 Å². The molecule has 0 radical (unpaired) electrons. The molecule has 0 bridgehead atoms. The fourth-order valence-electron chi connectivity index (χ4n) is 3.31. The molecule has 1 heterocycles. The Morgan fingerprint density at radius 2 is 1.26 bits per heavy atom. The number of halogens is 1. The molecule has 3 amide bonds. The van der Waals surface area contributed by atoms with Crippen LogP contribution in [0.4, 0.5) is 4.72 Å². The Morgan fingerprint density at radius 3 is 1.77 bits per heavy atom. The number of carboxylic acids is 2. The van der Waals surface area contributed by atoms with Crippen molar-refractivity contribution in [3.8, 4) is 0 Å². The molecule has 35 heavy (non-hydrogen) atoms. The fraction of sp³-hybridized carbons (Fsp3) is 0.714. The molecular weight excluding hydrogens is 511 g/mol. The van der Waals surface area contributed by atoms with Crippen LogP contribution in [0.2, 0.25) is 0 Å². The van der Waals surface area contributed by atoms with Gasteiger partial charge in [0, 0.05) is 25.8 Å². The zero-order chi connectivity index (χ0) is 25.9. The van der Waals surface area contributed by atoms with E-state index in [2.05, 4.69) is 17.4 Å². The van der Waals surface area contributed by atoms with Crippen molar-refractivity contribution >= 4 is 45.3 Å². The SMILES string of the molecule is O=C(O)CCC(=O)CCCCCC1NC(=O)C(CCCCNC(=O)CCC(=O)O)NC1=O.[2H]F.[K+].[PH2-]. The van der Waals surface area contributed by atoms with E-state index < -0.39 is 24.0 Å². The standard InChI is InChI=1S/C21H33N3O8.FH.K.H2P/c25-14(9-11-18(27)28)6-2-1-3-7-15-20(31)24-16(21(32)23-15)8-4-5-13-22-17(26)10-12-19(29)30;;;/h15-16H,1-13H2,(H,22,26)(H,23,32)(H,24,31)(H,27,28)(H,29,30);1H;;1H2/q;;+1;-1/i/hD. The quantitative estimate of drug-likeness (QED) is 0.0786. The molecule has 1 fully saturated rings. The number of hydrogen-bond acceptors (Lipinski definition) is 6. The Morgan fingerprint density at radius 1 is 0.771 bits per heavy atom. The van der Waals surface area contributed by atoms with E-state index in [1.54, 1.807) is 0 Å². The van der Waals surface area contributed by atoms with Gasteiger partial charge >= 0.3 is 63.3 Å². The molecule has 5 N–H and O–H groups in total. The second kappa shape index (κ2) is 22.2. The van der Waals surface area contributed by atoms with Crippen molar-refractivity contribution in [2.24, 2.45) is 0 Å². The van der Waals surface area contributed by atoms with Crippen molar-refractivity contribution in [3.63, 3.8) is 0 Å². The maximum absolute atomic E-state index is 12.2. The number of ketones is 1. The first-order valence-electron chi connectivity index (χ1n) is 11.4. The van der Waals surface area contributed by atoms with E-state index in [1.165, 1.54) is 0 Å². The van der Waals surface area contributed by atoms with Crippen molar-refractivity contribution in [2.75, 3.05) is 6.54 Å². The van der Waals surface area contributed by atoms with E-state index in [1.807, 2.05) is 0 Å². The fourth-order valence-corrected chi connectivity index (χ4v) is 3.31. The summed E-state index contributed by atoms with van der Waals surface area (Å²) in [5.41, 5.74) is 0. The van der Waals surface area contributed by atoms with E-state index in [0.29, 0.717) is 57.9 Å². The molecule has 14 heteroatoms. The van der Waals surface area contributed by atoms with Crippen LogP contribution in [0.3, 0.4) is 0 Å². The maximum Gasteiger partial charge on any atom is 1.00 e. The normalized spacial score (nSPS) is 16.5. The number of carbonyl (C=O) groups excluding carboxylic acids is 4. The molecule has 1 rings (SSSR count). The Kier molecular flexibility index (Phi) is 23.0. The first-order valence-corrected chi connectivity index (χ1v) is 11.0. The third-order valence-corrected chi connectivity index (χ3v) is 5.14. The average molecular weight is 549 g/mol. The molecule has 0 aliphatic carbocycles. The molecule has 0 aromatic heterocycles. The van der Waals surface area contributed by atoms with Gasteiger partial charge in [0.2, 0.25) is 17.7 Å². The predicted molar refractivity (Wildman–Crippen MR) is 125 cm³/mol. The van der Waals surface area contributed by atoms with Gasteiger partial charge in [0.15, 0.2) is 0 Å². The van der Waals surface area contributed by atoms with Gasteiger partial charge in [0.1, 0.15) is 17.9 Å². The van der Waals surface area contributed by atoms with Crippen LogP contribution in [-0.2, 0) is 28.8 Å². The number of carboxylic acid groups (broad SMARTS) is 2. The smallest absolute Gasteiger partial charge is 0.577 e. The minimum atomic E-state index is -1.03. The molecule has 1 aliphatic rings. The zero-order valence-electron chi connectivity index (χ0n) is 21.1. The molecule has 0 spiro atoms. The van der Waals surface area contributed by atoms with E-state index in [9.17, 15) is 28.8 Å². The molecule has 1 saturated heterocycles. The summed E-state index contributed by atoms with van der Waals surface area (Å²) in [5.74, 6) is -2.92. The first kappa shape index (κ1) is 36.2. The summed E-state index contributed by atoms with van der Waals surface area (Å²) in [4.78, 5) is 68.3. The van der Waals surface area contributed by atoms with Crippen LogP contribution in [0.25, 0.3) is 0 Å². The third kappa shape index (κ3) is 18.9. The van der Waals surface area contributed by atoms with Gasteiger partial charge in [0.05, 0.1) is 12.8 Å². The van der Waals surface area contributed by atoms with Crippen molar-refractivity contribution in [2.45, 2.75) is 89.1 Å². The summed E-state index contributed by atoms with van der Waals surface area (Å²) in [6.07, 6.45) is 4.02. The van der Waals surface area contributed by atoms with Gasteiger partial charge in [-0.05, 0) is 32.1 Å².